The second-order valence-electron chi connectivity index (χ2n) is 2.95. The summed E-state index contributed by atoms with van der Waals surface area (Å²) in [5, 5.41) is 24.3. The van der Waals surface area contributed by atoms with Crippen LogP contribution in [0.3, 0.4) is 0 Å². The molecule has 0 atom stereocenters. The molecule has 12 heteroatoms. The van der Waals surface area contributed by atoms with Gasteiger partial charge in [-0.3, -0.25) is 0 Å². The second-order valence-corrected chi connectivity index (χ2v) is 2.95. The summed E-state index contributed by atoms with van der Waals surface area (Å²) in [5.41, 5.74) is 0. The van der Waals surface area contributed by atoms with E-state index >= 15 is 0 Å². The third-order valence-corrected chi connectivity index (χ3v) is 1.90. The molecule has 0 spiro atoms. The predicted octanol–water partition coefficient (Wildman–Crippen LogP) is -1.00. The molecule has 0 N–H and O–H groups in total. The summed E-state index contributed by atoms with van der Waals surface area (Å²) >= 11 is 0. The molecule has 18 heavy (non-hydrogen) atoms. The maximum atomic E-state index is 12.9. The molecule has 0 unspecified atom stereocenters. The van der Waals surface area contributed by atoms with E-state index in [1.54, 1.807) is 0 Å². The zero-order valence-electron chi connectivity index (χ0n) is 8.56. The fourth-order valence-corrected chi connectivity index (χ4v) is 0.791. The number of nitriles is 3. The van der Waals surface area contributed by atoms with Gasteiger partial charge in [-0.05, 0) is 0 Å². The fourth-order valence-electron chi connectivity index (χ4n) is 0.791. The molecule has 3 nitrogen and oxygen atoms in total. The number of alkyl halides is 7. The molecule has 0 rings (SSSR count). The first-order chi connectivity index (χ1) is 7.43. The maximum absolute atomic E-state index is 12.9. The molecule has 0 fully saturated rings. The van der Waals surface area contributed by atoms with Crippen molar-refractivity contribution in [3.8, 4) is 17.9 Å². The quantitative estimate of drug-likeness (QED) is 0.485. The largest absolute Gasteiger partial charge is 1.00 e. The minimum atomic E-state index is -6.69. The third kappa shape index (κ3) is 2.65. The molecule has 0 bridgehead atoms. The van der Waals surface area contributed by atoms with Crippen LogP contribution < -0.4 is 51.4 Å². The van der Waals surface area contributed by atoms with Crippen molar-refractivity contribution in [3.63, 3.8) is 0 Å². The molecule has 92 valence electrons. The van der Waals surface area contributed by atoms with Gasteiger partial charge in [-0.2, -0.15) is 22.0 Å². The smallest absolute Gasteiger partial charge is 0.247 e. The number of halogens is 7. The minimum absolute atomic E-state index is 0. The summed E-state index contributed by atoms with van der Waals surface area (Å²) in [6.45, 7) is 0. The van der Waals surface area contributed by atoms with Gasteiger partial charge in [-0.25, -0.2) is 24.6 Å². The zero-order chi connectivity index (χ0) is 14.1. The van der Waals surface area contributed by atoms with Gasteiger partial charge in [0, 0.05) is 0 Å². The Bertz CT molecular complexity index is 404. The van der Waals surface area contributed by atoms with E-state index in [1.165, 1.54) is 0 Å². The van der Waals surface area contributed by atoms with Crippen molar-refractivity contribution < 1.29 is 82.1 Å². The average molecular weight is 297 g/mol. The van der Waals surface area contributed by atoms with Crippen LogP contribution in [0.1, 0.15) is 0 Å². The van der Waals surface area contributed by atoms with Crippen molar-refractivity contribution in [3.05, 3.63) is 0 Å². The first kappa shape index (κ1) is 20.0. The first-order valence-corrected chi connectivity index (χ1v) is 3.65. The molecular formula is C6BF7KN3. The Morgan fingerprint density at radius 1 is 0.722 bits per heavy atom. The molecular weight excluding hydrogens is 297 g/mol. The number of hydrogen-bond acceptors (Lipinski definition) is 3. The van der Waals surface area contributed by atoms with Gasteiger partial charge in [-0.15, -0.1) is 17.9 Å². The van der Waals surface area contributed by atoms with Gasteiger partial charge in [0.1, 0.15) is 0 Å². The molecule has 0 radical (unpaired) electrons. The Morgan fingerprint density at radius 3 is 1.17 bits per heavy atom. The average Bonchev–Trinajstić information content (AvgIpc) is 2.19. The third-order valence-electron chi connectivity index (χ3n) is 1.90. The van der Waals surface area contributed by atoms with Crippen LogP contribution in [0.25, 0.3) is 0 Å². The van der Waals surface area contributed by atoms with Gasteiger partial charge >= 0.3 is 69.6 Å². The summed E-state index contributed by atoms with van der Waals surface area (Å²) in [6, 6.07) is 0. The van der Waals surface area contributed by atoms with Crippen molar-refractivity contribution >= 4 is 6.15 Å². The molecule has 0 aliphatic rings. The van der Waals surface area contributed by atoms with Crippen LogP contribution in [0.4, 0.5) is 30.7 Å². The van der Waals surface area contributed by atoms with Crippen LogP contribution in [0.15, 0.2) is 0 Å². The Morgan fingerprint density at radius 2 is 1.00 bits per heavy atom. The maximum Gasteiger partial charge on any atom is 1.00 e. The van der Waals surface area contributed by atoms with Gasteiger partial charge < -0.3 is 0 Å². The zero-order valence-corrected chi connectivity index (χ0v) is 11.7. The predicted molar refractivity (Wildman–Crippen MR) is 38.5 cm³/mol. The Labute approximate surface area is 138 Å². The van der Waals surface area contributed by atoms with Crippen LogP contribution in [0, 0.1) is 33.7 Å². The van der Waals surface area contributed by atoms with E-state index < -0.39 is 24.1 Å². The summed E-state index contributed by atoms with van der Waals surface area (Å²) in [6.07, 6.45) is -11.9. The van der Waals surface area contributed by atoms with Crippen molar-refractivity contribution in [2.75, 3.05) is 0 Å². The van der Waals surface area contributed by atoms with E-state index in [0.717, 1.165) is 0 Å². The summed E-state index contributed by atoms with van der Waals surface area (Å²) in [5.74, 6) is -12.1. The topological polar surface area (TPSA) is 71.4 Å². The summed E-state index contributed by atoms with van der Waals surface area (Å²) in [4.78, 5) is 0. The first-order valence-electron chi connectivity index (χ1n) is 3.65. The Kier molecular flexibility index (Phi) is 6.40. The van der Waals surface area contributed by atoms with Gasteiger partial charge in [0.05, 0.1) is 0 Å². The normalized spacial score (nSPS) is 12.7. The molecule has 0 aromatic rings. The molecule has 0 aliphatic carbocycles. The number of rotatable bonds is 2. The van der Waals surface area contributed by atoms with Crippen LogP contribution in [0.2, 0.25) is 0 Å². The standard InChI is InChI=1S/C6BF7N3.K/c8-4(9,6(12,13)14)5(10,11)7(1-15,2-16)3-17;/q-1;+1. The Balaban J connectivity index is 0. The van der Waals surface area contributed by atoms with E-state index in [-0.39, 0.29) is 69.3 Å². The van der Waals surface area contributed by atoms with Crippen molar-refractivity contribution in [1.82, 2.24) is 0 Å². The Hall–Kier alpha value is -0.319. The molecule has 0 aromatic heterocycles. The second kappa shape index (κ2) is 5.76. The van der Waals surface area contributed by atoms with E-state index in [1.807, 2.05) is 0 Å². The molecule has 0 aliphatic heterocycles. The molecule has 0 heterocycles. The van der Waals surface area contributed by atoms with E-state index in [2.05, 4.69) is 0 Å². The van der Waals surface area contributed by atoms with E-state index in [0.29, 0.717) is 0 Å². The van der Waals surface area contributed by atoms with Crippen LogP contribution in [-0.2, 0) is 0 Å². The summed E-state index contributed by atoms with van der Waals surface area (Å²) < 4.78 is 85.9. The van der Waals surface area contributed by atoms with Crippen LogP contribution in [-0.4, -0.2) is 24.1 Å². The minimum Gasteiger partial charge on any atom is -0.247 e. The van der Waals surface area contributed by atoms with Gasteiger partial charge in [-0.1, -0.05) is 0 Å². The van der Waals surface area contributed by atoms with Crippen molar-refractivity contribution in [1.29, 1.82) is 15.8 Å². The monoisotopic (exact) mass is 297 g/mol. The summed E-state index contributed by atoms with van der Waals surface area (Å²) in [7, 11) is 0. The van der Waals surface area contributed by atoms with Crippen LogP contribution in [0.5, 0.6) is 0 Å². The van der Waals surface area contributed by atoms with Crippen LogP contribution >= 0.6 is 0 Å². The fraction of sp³-hybridized carbons (Fsp3) is 0.500. The van der Waals surface area contributed by atoms with E-state index in [4.69, 9.17) is 15.8 Å². The van der Waals surface area contributed by atoms with Crippen molar-refractivity contribution in [2.24, 2.45) is 0 Å². The molecule has 0 saturated heterocycles. The number of nitrogens with zero attached hydrogens (tertiary/aromatic N) is 3. The van der Waals surface area contributed by atoms with Gasteiger partial charge in [0.2, 0.25) is 5.82 Å². The van der Waals surface area contributed by atoms with E-state index in [9.17, 15) is 30.7 Å². The molecule has 0 saturated carbocycles. The molecule has 0 aromatic carbocycles. The van der Waals surface area contributed by atoms with Gasteiger partial charge in [0.15, 0.2) is 0 Å². The van der Waals surface area contributed by atoms with Crippen molar-refractivity contribution in [2.45, 2.75) is 17.9 Å². The SMILES string of the molecule is N#C[B-](C#N)(C#N)C(F)(F)C(F)(F)C(F)(F)F.[K+]. The number of hydrogen-bond donors (Lipinski definition) is 0. The van der Waals surface area contributed by atoms with Gasteiger partial charge in [0.25, 0.3) is 0 Å². The molecule has 0 amide bonds.